The minimum Gasteiger partial charge on any atom is -0.469 e. The third kappa shape index (κ3) is 4.04. The van der Waals surface area contributed by atoms with Gasteiger partial charge in [-0.3, -0.25) is 19.7 Å². The van der Waals surface area contributed by atoms with Crippen molar-refractivity contribution < 1.29 is 19.2 Å². The number of nitro benzene ring substituents is 1. The van der Waals surface area contributed by atoms with Crippen molar-refractivity contribution in [2.75, 3.05) is 20.2 Å². The van der Waals surface area contributed by atoms with Crippen LogP contribution in [0.2, 0.25) is 0 Å². The summed E-state index contributed by atoms with van der Waals surface area (Å²) in [5.41, 5.74) is 0.279. The topological polar surface area (TPSA) is 89.8 Å². The SMILES string of the molecule is CCN(CCC(=O)OC)C(=O)c1ccc([N+](=O)[O-])cc1. The molecular weight excluding hydrogens is 264 g/mol. The zero-order valence-corrected chi connectivity index (χ0v) is 11.4. The standard InChI is InChI=1S/C13H16N2O5/c1-3-14(9-8-12(16)20-2)13(17)10-4-6-11(7-5-10)15(18)19/h4-7H,3,8-9H2,1-2H3. The molecule has 0 heterocycles. The predicted octanol–water partition coefficient (Wildman–Crippen LogP) is 1.62. The fourth-order valence-corrected chi connectivity index (χ4v) is 1.64. The number of nitrogens with zero attached hydrogens (tertiary/aromatic N) is 2. The van der Waals surface area contributed by atoms with E-state index in [1.807, 2.05) is 0 Å². The summed E-state index contributed by atoms with van der Waals surface area (Å²) in [6.07, 6.45) is 0.114. The summed E-state index contributed by atoms with van der Waals surface area (Å²) in [6, 6.07) is 5.37. The Hall–Kier alpha value is -2.44. The summed E-state index contributed by atoms with van der Waals surface area (Å²) in [5.74, 6) is -0.661. The van der Waals surface area contributed by atoms with Crippen molar-refractivity contribution in [1.82, 2.24) is 4.90 Å². The van der Waals surface area contributed by atoms with Crippen LogP contribution in [0.4, 0.5) is 5.69 Å². The van der Waals surface area contributed by atoms with Crippen LogP contribution < -0.4 is 0 Å². The molecule has 0 fully saturated rings. The van der Waals surface area contributed by atoms with Gasteiger partial charge in [0.2, 0.25) is 0 Å². The normalized spacial score (nSPS) is 9.90. The molecule has 1 aromatic carbocycles. The number of esters is 1. The highest BCUT2D eigenvalue weighted by molar-refractivity contribution is 5.94. The minimum absolute atomic E-state index is 0.0702. The van der Waals surface area contributed by atoms with Gasteiger partial charge in [0.25, 0.3) is 11.6 Å². The first-order chi connectivity index (χ1) is 9.49. The smallest absolute Gasteiger partial charge is 0.307 e. The largest absolute Gasteiger partial charge is 0.469 e. The number of benzene rings is 1. The summed E-state index contributed by atoms with van der Waals surface area (Å²) in [7, 11) is 1.29. The van der Waals surface area contributed by atoms with Crippen LogP contribution in [0.25, 0.3) is 0 Å². The Kier molecular flexibility index (Phi) is 5.64. The molecule has 1 amide bonds. The van der Waals surface area contributed by atoms with Crippen LogP contribution in [-0.4, -0.2) is 41.9 Å². The molecule has 0 saturated carbocycles. The van der Waals surface area contributed by atoms with Crippen LogP contribution in [0.3, 0.4) is 0 Å². The lowest BCUT2D eigenvalue weighted by molar-refractivity contribution is -0.384. The number of amides is 1. The van der Waals surface area contributed by atoms with Gasteiger partial charge in [-0.15, -0.1) is 0 Å². The number of methoxy groups -OCH3 is 1. The zero-order valence-electron chi connectivity index (χ0n) is 11.4. The first-order valence-electron chi connectivity index (χ1n) is 6.10. The van der Waals surface area contributed by atoms with E-state index in [1.54, 1.807) is 6.92 Å². The molecule has 1 rings (SSSR count). The van der Waals surface area contributed by atoms with Crippen molar-refractivity contribution >= 4 is 17.6 Å². The van der Waals surface area contributed by atoms with Gasteiger partial charge in [0.1, 0.15) is 0 Å². The predicted molar refractivity (Wildman–Crippen MR) is 71.3 cm³/mol. The van der Waals surface area contributed by atoms with Gasteiger partial charge < -0.3 is 9.64 Å². The molecule has 108 valence electrons. The van der Waals surface area contributed by atoms with Gasteiger partial charge in [-0.2, -0.15) is 0 Å². The van der Waals surface area contributed by atoms with Gasteiger partial charge in [-0.25, -0.2) is 0 Å². The van der Waals surface area contributed by atoms with Crippen molar-refractivity contribution in [3.05, 3.63) is 39.9 Å². The summed E-state index contributed by atoms with van der Waals surface area (Å²) in [5, 5.41) is 10.5. The molecular formula is C13H16N2O5. The number of carbonyl (C=O) groups is 2. The highest BCUT2D eigenvalue weighted by Crippen LogP contribution is 2.13. The third-order valence-corrected chi connectivity index (χ3v) is 2.81. The van der Waals surface area contributed by atoms with Gasteiger partial charge in [0, 0.05) is 30.8 Å². The van der Waals surface area contributed by atoms with Crippen LogP contribution in [0.15, 0.2) is 24.3 Å². The Labute approximate surface area is 116 Å². The molecule has 0 N–H and O–H groups in total. The maximum absolute atomic E-state index is 12.2. The molecule has 0 saturated heterocycles. The van der Waals surface area contributed by atoms with Crippen LogP contribution >= 0.6 is 0 Å². The Morgan fingerprint density at radius 3 is 2.35 bits per heavy atom. The van der Waals surface area contributed by atoms with E-state index in [1.165, 1.54) is 36.3 Å². The quantitative estimate of drug-likeness (QED) is 0.448. The van der Waals surface area contributed by atoms with Crippen LogP contribution in [0.5, 0.6) is 0 Å². The molecule has 20 heavy (non-hydrogen) atoms. The summed E-state index contributed by atoms with van der Waals surface area (Å²) < 4.78 is 4.52. The second-order valence-electron chi connectivity index (χ2n) is 4.01. The molecule has 0 bridgehead atoms. The maximum atomic E-state index is 12.2. The number of hydrogen-bond donors (Lipinski definition) is 0. The van der Waals surface area contributed by atoms with Crippen molar-refractivity contribution in [2.45, 2.75) is 13.3 Å². The van der Waals surface area contributed by atoms with Crippen molar-refractivity contribution in [2.24, 2.45) is 0 Å². The Balaban J connectivity index is 2.75. The minimum atomic E-state index is -0.525. The first-order valence-corrected chi connectivity index (χ1v) is 6.10. The molecule has 0 aromatic heterocycles. The van der Waals surface area contributed by atoms with Crippen molar-refractivity contribution in [3.8, 4) is 0 Å². The number of rotatable bonds is 6. The molecule has 0 radical (unpaired) electrons. The molecule has 0 aliphatic carbocycles. The third-order valence-electron chi connectivity index (χ3n) is 2.81. The second kappa shape index (κ2) is 7.22. The van der Waals surface area contributed by atoms with Gasteiger partial charge >= 0.3 is 5.97 Å². The average Bonchev–Trinajstić information content (AvgIpc) is 2.47. The lowest BCUT2D eigenvalue weighted by atomic mass is 10.1. The Morgan fingerprint density at radius 1 is 1.30 bits per heavy atom. The van der Waals surface area contributed by atoms with E-state index in [0.717, 1.165) is 0 Å². The fourth-order valence-electron chi connectivity index (χ4n) is 1.64. The molecule has 7 nitrogen and oxygen atoms in total. The van der Waals surface area contributed by atoms with E-state index >= 15 is 0 Å². The van der Waals surface area contributed by atoms with E-state index in [9.17, 15) is 19.7 Å². The molecule has 7 heteroatoms. The monoisotopic (exact) mass is 280 g/mol. The lowest BCUT2D eigenvalue weighted by Crippen LogP contribution is -2.33. The summed E-state index contributed by atoms with van der Waals surface area (Å²) in [6.45, 7) is 2.48. The molecule has 0 aliphatic heterocycles. The lowest BCUT2D eigenvalue weighted by Gasteiger charge is -2.20. The van der Waals surface area contributed by atoms with Crippen molar-refractivity contribution in [1.29, 1.82) is 0 Å². The van der Waals surface area contributed by atoms with Crippen LogP contribution in [0, 0.1) is 10.1 Å². The van der Waals surface area contributed by atoms with E-state index in [4.69, 9.17) is 0 Å². The van der Waals surface area contributed by atoms with E-state index in [-0.39, 0.29) is 30.5 Å². The van der Waals surface area contributed by atoms with E-state index < -0.39 is 4.92 Å². The molecule has 1 aromatic rings. The van der Waals surface area contributed by atoms with Gasteiger partial charge in [-0.1, -0.05) is 0 Å². The van der Waals surface area contributed by atoms with E-state index in [0.29, 0.717) is 12.1 Å². The van der Waals surface area contributed by atoms with Gasteiger partial charge in [0.05, 0.1) is 18.5 Å². The zero-order chi connectivity index (χ0) is 15.1. The number of carbonyl (C=O) groups excluding carboxylic acids is 2. The van der Waals surface area contributed by atoms with Gasteiger partial charge in [0.15, 0.2) is 0 Å². The molecule has 0 spiro atoms. The average molecular weight is 280 g/mol. The van der Waals surface area contributed by atoms with Gasteiger partial charge in [-0.05, 0) is 19.1 Å². The molecule has 0 unspecified atom stereocenters. The van der Waals surface area contributed by atoms with Crippen LogP contribution in [-0.2, 0) is 9.53 Å². The number of non-ortho nitro benzene ring substituents is 1. The second-order valence-corrected chi connectivity index (χ2v) is 4.01. The number of ether oxygens (including phenoxy) is 1. The summed E-state index contributed by atoms with van der Waals surface area (Å²) >= 11 is 0. The number of hydrogen-bond acceptors (Lipinski definition) is 5. The maximum Gasteiger partial charge on any atom is 0.307 e. The highest BCUT2D eigenvalue weighted by atomic mass is 16.6. The molecule has 0 aliphatic rings. The molecule has 0 atom stereocenters. The van der Waals surface area contributed by atoms with Crippen LogP contribution in [0.1, 0.15) is 23.7 Å². The van der Waals surface area contributed by atoms with Crippen molar-refractivity contribution in [3.63, 3.8) is 0 Å². The first kappa shape index (κ1) is 15.6. The highest BCUT2D eigenvalue weighted by Gasteiger charge is 2.16. The fraction of sp³-hybridized carbons (Fsp3) is 0.385. The summed E-state index contributed by atoms with van der Waals surface area (Å²) in [4.78, 5) is 34.7. The Morgan fingerprint density at radius 2 is 1.90 bits per heavy atom. The number of nitro groups is 1. The Bertz CT molecular complexity index is 498. The van der Waals surface area contributed by atoms with E-state index in [2.05, 4.69) is 4.74 Å².